The smallest absolute Gasteiger partial charge is 0.142 e. The zero-order valence-electron chi connectivity index (χ0n) is 29.0. The molecule has 2 saturated heterocycles. The molecule has 50 heavy (non-hydrogen) atoms. The van der Waals surface area contributed by atoms with Crippen molar-refractivity contribution in [3.05, 3.63) is 99.6 Å². The number of benzene rings is 2. The van der Waals surface area contributed by atoms with Gasteiger partial charge in [0.15, 0.2) is 0 Å². The van der Waals surface area contributed by atoms with E-state index in [9.17, 15) is 10.4 Å². The number of hydrogen-bond acceptors (Lipinski definition) is 9. The maximum absolute atomic E-state index is 9.79. The molecular formula is C40H46ClN5O4. The standard InChI is InChI=1S/C40H46ClN5O4/c1-28-33(22-44-23-36(28)35-8-6-9-38(29(35)2)48-15-7-13-46-14-10-34(47)25-46)27-50-40-18-39(49-26-31-16-30(19-42)20-43-21-31)32(17-37(40)41)24-45-11-4-3-5-12-45/h6,8-9,16-18,20-23,34,47H,3-5,7,10-15,24-27H2,1-2H3. The van der Waals surface area contributed by atoms with Gasteiger partial charge in [0.05, 0.1) is 23.3 Å². The number of β-amino-alcohol motifs (C(OH)–C–C–N with tert-alkyl or cyclic N) is 1. The molecule has 0 radical (unpaired) electrons. The van der Waals surface area contributed by atoms with Crippen molar-refractivity contribution < 1.29 is 19.3 Å². The number of rotatable bonds is 14. The molecule has 2 aliphatic rings. The number of aromatic nitrogens is 2. The highest BCUT2D eigenvalue weighted by Crippen LogP contribution is 2.37. The summed E-state index contributed by atoms with van der Waals surface area (Å²) >= 11 is 6.85. The fourth-order valence-corrected chi connectivity index (χ4v) is 7.02. The molecule has 0 amide bonds. The van der Waals surface area contributed by atoms with E-state index >= 15 is 0 Å². The average molecular weight is 696 g/mol. The third-order valence-corrected chi connectivity index (χ3v) is 9.97. The van der Waals surface area contributed by atoms with E-state index in [0.717, 1.165) is 96.8 Å². The first kappa shape index (κ1) is 35.6. The van der Waals surface area contributed by atoms with Gasteiger partial charge >= 0.3 is 0 Å². The van der Waals surface area contributed by atoms with Crippen LogP contribution in [0.4, 0.5) is 0 Å². The second-order valence-corrected chi connectivity index (χ2v) is 13.8. The Bertz CT molecular complexity index is 1810. The number of hydrogen-bond donors (Lipinski definition) is 1. The van der Waals surface area contributed by atoms with Gasteiger partial charge in [-0.1, -0.05) is 30.2 Å². The van der Waals surface area contributed by atoms with Crippen molar-refractivity contribution in [1.82, 2.24) is 19.8 Å². The first-order valence-corrected chi connectivity index (χ1v) is 18.0. The average Bonchev–Trinajstić information content (AvgIpc) is 3.55. The largest absolute Gasteiger partial charge is 0.493 e. The summed E-state index contributed by atoms with van der Waals surface area (Å²) in [6.07, 6.45) is 12.2. The van der Waals surface area contributed by atoms with Gasteiger partial charge in [-0.2, -0.15) is 5.26 Å². The molecule has 2 aromatic carbocycles. The molecule has 10 heteroatoms. The molecule has 1 unspecified atom stereocenters. The van der Waals surface area contributed by atoms with E-state index in [1.54, 1.807) is 18.5 Å². The fraction of sp³-hybridized carbons (Fsp3) is 0.425. The lowest BCUT2D eigenvalue weighted by Gasteiger charge is -2.27. The minimum absolute atomic E-state index is 0.200. The van der Waals surface area contributed by atoms with Gasteiger partial charge in [0.1, 0.15) is 36.5 Å². The molecule has 4 aromatic rings. The van der Waals surface area contributed by atoms with Crippen LogP contribution in [0.25, 0.3) is 11.1 Å². The Morgan fingerprint density at radius 1 is 0.840 bits per heavy atom. The molecule has 6 rings (SSSR count). The Morgan fingerprint density at radius 2 is 1.66 bits per heavy atom. The number of ether oxygens (including phenoxy) is 3. The van der Waals surface area contributed by atoms with Gasteiger partial charge in [-0.15, -0.1) is 0 Å². The van der Waals surface area contributed by atoms with E-state index in [4.69, 9.17) is 25.8 Å². The van der Waals surface area contributed by atoms with Crippen molar-refractivity contribution in [1.29, 1.82) is 5.26 Å². The van der Waals surface area contributed by atoms with Crippen molar-refractivity contribution in [2.75, 3.05) is 39.3 Å². The Balaban J connectivity index is 1.16. The molecule has 262 valence electrons. The summed E-state index contributed by atoms with van der Waals surface area (Å²) in [4.78, 5) is 13.5. The lowest BCUT2D eigenvalue weighted by molar-refractivity contribution is 0.173. The summed E-state index contributed by atoms with van der Waals surface area (Å²) in [5.74, 6) is 2.10. The van der Waals surface area contributed by atoms with Crippen LogP contribution in [-0.2, 0) is 19.8 Å². The summed E-state index contributed by atoms with van der Waals surface area (Å²) in [7, 11) is 0. The summed E-state index contributed by atoms with van der Waals surface area (Å²) < 4.78 is 18.9. The van der Waals surface area contributed by atoms with Gasteiger partial charge in [0.25, 0.3) is 0 Å². The van der Waals surface area contributed by atoms with Crippen LogP contribution in [0.1, 0.15) is 65.5 Å². The zero-order valence-corrected chi connectivity index (χ0v) is 29.8. The fourth-order valence-electron chi connectivity index (χ4n) is 6.78. The predicted molar refractivity (Wildman–Crippen MR) is 195 cm³/mol. The lowest BCUT2D eigenvalue weighted by atomic mass is 9.95. The van der Waals surface area contributed by atoms with Crippen molar-refractivity contribution in [3.63, 3.8) is 0 Å². The Labute approximate surface area is 300 Å². The summed E-state index contributed by atoms with van der Waals surface area (Å²) in [5.41, 5.74) is 7.51. The summed E-state index contributed by atoms with van der Waals surface area (Å²) in [6.45, 7) is 10.8. The highest BCUT2D eigenvalue weighted by atomic mass is 35.5. The number of piperidine rings is 1. The van der Waals surface area contributed by atoms with Crippen LogP contribution in [0.3, 0.4) is 0 Å². The topological polar surface area (TPSA) is 104 Å². The number of pyridine rings is 2. The van der Waals surface area contributed by atoms with Gasteiger partial charge < -0.3 is 24.2 Å². The molecule has 2 aliphatic heterocycles. The number of aliphatic hydroxyl groups excluding tert-OH is 1. The number of nitrogens with zero attached hydrogens (tertiary/aromatic N) is 5. The number of halogens is 1. The first-order chi connectivity index (χ1) is 24.4. The van der Waals surface area contributed by atoms with Crippen molar-refractivity contribution in [2.24, 2.45) is 0 Å². The van der Waals surface area contributed by atoms with Crippen molar-refractivity contribution in [3.8, 4) is 34.4 Å². The van der Waals surface area contributed by atoms with Gasteiger partial charge in [-0.3, -0.25) is 14.9 Å². The van der Waals surface area contributed by atoms with Crippen LogP contribution in [0.2, 0.25) is 5.02 Å². The van der Waals surface area contributed by atoms with E-state index < -0.39 is 0 Å². The van der Waals surface area contributed by atoms with Crippen LogP contribution < -0.4 is 14.2 Å². The molecule has 4 heterocycles. The molecule has 0 saturated carbocycles. The number of likely N-dealkylation sites (tertiary alicyclic amines) is 2. The van der Waals surface area contributed by atoms with E-state index in [1.807, 2.05) is 36.7 Å². The number of aliphatic hydroxyl groups is 1. The lowest BCUT2D eigenvalue weighted by Crippen LogP contribution is -2.29. The third-order valence-electron chi connectivity index (χ3n) is 9.68. The van der Waals surface area contributed by atoms with Crippen LogP contribution in [0, 0.1) is 25.2 Å². The third kappa shape index (κ3) is 9.12. The maximum atomic E-state index is 9.79. The summed E-state index contributed by atoms with van der Waals surface area (Å²) in [6, 6.07) is 13.9. The molecule has 0 spiro atoms. The zero-order chi connectivity index (χ0) is 34.9. The van der Waals surface area contributed by atoms with Crippen LogP contribution >= 0.6 is 11.6 Å². The Kier molecular flexibility index (Phi) is 12.2. The molecule has 2 aromatic heterocycles. The van der Waals surface area contributed by atoms with Crippen LogP contribution in [0.15, 0.2) is 61.2 Å². The molecule has 9 nitrogen and oxygen atoms in total. The maximum Gasteiger partial charge on any atom is 0.142 e. The molecule has 0 bridgehead atoms. The SMILES string of the molecule is Cc1c(COc2cc(OCc3cncc(C#N)c3)c(CN3CCCCC3)cc2Cl)cncc1-c1cccc(OCCCN2CCC(O)C2)c1C. The van der Waals surface area contributed by atoms with E-state index in [-0.39, 0.29) is 19.3 Å². The summed E-state index contributed by atoms with van der Waals surface area (Å²) in [5, 5.41) is 19.6. The highest BCUT2D eigenvalue weighted by Gasteiger charge is 2.20. The highest BCUT2D eigenvalue weighted by molar-refractivity contribution is 6.32. The minimum atomic E-state index is -0.200. The second-order valence-electron chi connectivity index (χ2n) is 13.3. The van der Waals surface area contributed by atoms with Gasteiger partial charge in [-0.05, 0) is 87.5 Å². The van der Waals surface area contributed by atoms with Gasteiger partial charge in [0.2, 0.25) is 0 Å². The molecule has 0 aliphatic carbocycles. The van der Waals surface area contributed by atoms with E-state index in [1.165, 1.54) is 19.3 Å². The Hall–Kier alpha value is -4.20. The van der Waals surface area contributed by atoms with Gasteiger partial charge in [0, 0.05) is 79.3 Å². The van der Waals surface area contributed by atoms with Gasteiger partial charge in [-0.25, -0.2) is 0 Å². The predicted octanol–water partition coefficient (Wildman–Crippen LogP) is 7.26. The minimum Gasteiger partial charge on any atom is -0.493 e. The molecule has 1 atom stereocenters. The number of nitriles is 1. The van der Waals surface area contributed by atoms with Crippen LogP contribution in [0.5, 0.6) is 17.2 Å². The molecule has 1 N–H and O–H groups in total. The monoisotopic (exact) mass is 695 g/mol. The second kappa shape index (κ2) is 17.1. The first-order valence-electron chi connectivity index (χ1n) is 17.6. The molecular weight excluding hydrogens is 650 g/mol. The normalized spacial score (nSPS) is 16.7. The van der Waals surface area contributed by atoms with Crippen molar-refractivity contribution >= 4 is 11.6 Å². The molecule has 2 fully saturated rings. The quantitative estimate of drug-likeness (QED) is 0.137. The van der Waals surface area contributed by atoms with E-state index in [2.05, 4.69) is 45.8 Å². The Morgan fingerprint density at radius 3 is 2.46 bits per heavy atom. The van der Waals surface area contributed by atoms with Crippen molar-refractivity contribution in [2.45, 2.75) is 71.8 Å². The van der Waals surface area contributed by atoms with E-state index in [0.29, 0.717) is 28.7 Å². The van der Waals surface area contributed by atoms with Crippen LogP contribution in [-0.4, -0.2) is 70.3 Å².